The molecule has 0 unspecified atom stereocenters. The Labute approximate surface area is 124 Å². The van der Waals surface area contributed by atoms with Crippen LogP contribution in [0.3, 0.4) is 0 Å². The third-order valence-corrected chi connectivity index (χ3v) is 3.05. The number of hydrogen-bond donors (Lipinski definition) is 2. The van der Waals surface area contributed by atoms with Gasteiger partial charge in [-0.15, -0.1) is 12.3 Å². The topological polar surface area (TPSA) is 81.4 Å². The first-order valence-corrected chi connectivity index (χ1v) is 6.71. The van der Waals surface area contributed by atoms with Crippen LogP contribution in [0.25, 0.3) is 0 Å². The normalized spacial score (nSPS) is 13.0. The van der Waals surface area contributed by atoms with E-state index in [0.29, 0.717) is 24.8 Å². The number of nitrogens with two attached hydrogens (primary N) is 1. The van der Waals surface area contributed by atoms with Gasteiger partial charge in [-0.1, -0.05) is 30.3 Å². The second kappa shape index (κ2) is 8.77. The van der Waals surface area contributed by atoms with Gasteiger partial charge in [0.1, 0.15) is 6.04 Å². The van der Waals surface area contributed by atoms with E-state index >= 15 is 0 Å². The van der Waals surface area contributed by atoms with Gasteiger partial charge in [0.05, 0.1) is 0 Å². The van der Waals surface area contributed by atoms with Gasteiger partial charge < -0.3 is 15.8 Å². The van der Waals surface area contributed by atoms with E-state index in [0.717, 1.165) is 0 Å². The molecule has 0 heterocycles. The Morgan fingerprint density at radius 1 is 1.38 bits per heavy atom. The van der Waals surface area contributed by atoms with Crippen molar-refractivity contribution in [2.24, 2.45) is 5.73 Å². The van der Waals surface area contributed by atoms with Crippen LogP contribution in [-0.4, -0.2) is 25.0 Å². The van der Waals surface area contributed by atoms with Crippen LogP contribution in [0.5, 0.6) is 0 Å². The lowest BCUT2D eigenvalue weighted by atomic mass is 10.1. The van der Waals surface area contributed by atoms with Gasteiger partial charge in [-0.05, 0) is 18.4 Å². The number of carbonyl (C=O) groups excluding carboxylic acids is 2. The second-order valence-corrected chi connectivity index (χ2v) is 4.59. The summed E-state index contributed by atoms with van der Waals surface area (Å²) in [7, 11) is 1.44. The van der Waals surface area contributed by atoms with Crippen LogP contribution < -0.4 is 11.1 Å². The molecule has 112 valence electrons. The van der Waals surface area contributed by atoms with Gasteiger partial charge in [0.15, 0.2) is 6.10 Å². The molecular weight excluding hydrogens is 268 g/mol. The average molecular weight is 288 g/mol. The molecule has 1 aromatic carbocycles. The highest BCUT2D eigenvalue weighted by molar-refractivity contribution is 5.89. The van der Waals surface area contributed by atoms with Crippen molar-refractivity contribution >= 4 is 11.8 Å². The number of benzene rings is 1. The van der Waals surface area contributed by atoms with Crippen LogP contribution in [0.1, 0.15) is 30.9 Å². The standard InChI is InChI=1S/C16H20N2O3/c1-3-4-6-11-13(15(17)19)18-16(20)14(21-2)12-9-7-5-8-10-12/h1,5,7-10,13-14H,4,6,11H2,2H3,(H2,17,19)(H,18,20)/t13-,14-/m1/s1. The second-order valence-electron chi connectivity index (χ2n) is 4.59. The predicted molar refractivity (Wildman–Crippen MR) is 80.0 cm³/mol. The van der Waals surface area contributed by atoms with Crippen LogP contribution in [0, 0.1) is 12.3 Å². The summed E-state index contributed by atoms with van der Waals surface area (Å²) in [5.41, 5.74) is 6.01. The summed E-state index contributed by atoms with van der Waals surface area (Å²) in [5.74, 6) is 1.51. The zero-order valence-corrected chi connectivity index (χ0v) is 12.0. The SMILES string of the molecule is C#CCCC[C@@H](NC(=O)[C@H](OC)c1ccccc1)C(N)=O. The van der Waals surface area contributed by atoms with E-state index in [9.17, 15) is 9.59 Å². The quantitative estimate of drug-likeness (QED) is 0.556. The fraction of sp³-hybridized carbons (Fsp3) is 0.375. The minimum absolute atomic E-state index is 0.395. The predicted octanol–water partition coefficient (Wildman–Crippen LogP) is 1.15. The Kier molecular flexibility index (Phi) is 6.99. The summed E-state index contributed by atoms with van der Waals surface area (Å²) < 4.78 is 5.21. The lowest BCUT2D eigenvalue weighted by molar-refractivity contribution is -0.135. The molecule has 5 heteroatoms. The minimum atomic E-state index is -0.777. The fourth-order valence-corrected chi connectivity index (χ4v) is 1.96. The molecule has 1 rings (SSSR count). The number of amides is 2. The fourth-order valence-electron chi connectivity index (χ4n) is 1.96. The molecule has 2 amide bonds. The molecule has 0 saturated heterocycles. The molecule has 3 N–H and O–H groups in total. The number of hydrogen-bond acceptors (Lipinski definition) is 3. The first kappa shape index (κ1) is 16.7. The van der Waals surface area contributed by atoms with Crippen molar-refractivity contribution in [2.45, 2.75) is 31.4 Å². The Bertz CT molecular complexity index is 508. The summed E-state index contributed by atoms with van der Waals surface area (Å²) in [4.78, 5) is 23.6. The van der Waals surface area contributed by atoms with Gasteiger partial charge in [0, 0.05) is 13.5 Å². The van der Waals surface area contributed by atoms with E-state index in [1.54, 1.807) is 12.1 Å². The van der Waals surface area contributed by atoms with Crippen LogP contribution in [0.4, 0.5) is 0 Å². The highest BCUT2D eigenvalue weighted by Gasteiger charge is 2.24. The zero-order valence-electron chi connectivity index (χ0n) is 12.0. The maximum Gasteiger partial charge on any atom is 0.254 e. The molecule has 5 nitrogen and oxygen atoms in total. The maximum absolute atomic E-state index is 12.2. The molecule has 1 aromatic rings. The van der Waals surface area contributed by atoms with Crippen LogP contribution >= 0.6 is 0 Å². The summed E-state index contributed by atoms with van der Waals surface area (Å²) in [6.07, 6.45) is 5.95. The van der Waals surface area contributed by atoms with E-state index in [2.05, 4.69) is 11.2 Å². The molecular formula is C16H20N2O3. The maximum atomic E-state index is 12.2. The van der Waals surface area contributed by atoms with E-state index in [-0.39, 0.29) is 0 Å². The Hall–Kier alpha value is -2.32. The average Bonchev–Trinajstić information content (AvgIpc) is 2.48. The van der Waals surface area contributed by atoms with Crippen molar-refractivity contribution in [2.75, 3.05) is 7.11 Å². The summed E-state index contributed by atoms with van der Waals surface area (Å²) in [6.45, 7) is 0. The van der Waals surface area contributed by atoms with Gasteiger partial charge in [-0.2, -0.15) is 0 Å². The summed E-state index contributed by atoms with van der Waals surface area (Å²) >= 11 is 0. The van der Waals surface area contributed by atoms with E-state index in [1.807, 2.05) is 18.2 Å². The molecule has 0 aliphatic heterocycles. The first-order chi connectivity index (χ1) is 10.1. The van der Waals surface area contributed by atoms with Gasteiger partial charge in [-0.25, -0.2) is 0 Å². The molecule has 0 spiro atoms. The van der Waals surface area contributed by atoms with Crippen LogP contribution in [0.2, 0.25) is 0 Å². The van der Waals surface area contributed by atoms with E-state index in [1.165, 1.54) is 7.11 Å². The highest BCUT2D eigenvalue weighted by atomic mass is 16.5. The van der Waals surface area contributed by atoms with Crippen LogP contribution in [-0.2, 0) is 14.3 Å². The van der Waals surface area contributed by atoms with Gasteiger partial charge in [0.2, 0.25) is 5.91 Å². The molecule has 0 bridgehead atoms. The molecule has 0 saturated carbocycles. The van der Waals surface area contributed by atoms with Gasteiger partial charge in [-0.3, -0.25) is 9.59 Å². The first-order valence-electron chi connectivity index (χ1n) is 6.71. The van der Waals surface area contributed by atoms with E-state index < -0.39 is 24.0 Å². The molecule has 0 aliphatic rings. The monoisotopic (exact) mass is 288 g/mol. The van der Waals surface area contributed by atoms with Crippen molar-refractivity contribution in [1.82, 2.24) is 5.32 Å². The van der Waals surface area contributed by atoms with Crippen molar-refractivity contribution in [3.8, 4) is 12.3 Å². The van der Waals surface area contributed by atoms with Gasteiger partial charge >= 0.3 is 0 Å². The number of nitrogens with one attached hydrogen (secondary N) is 1. The molecule has 0 aromatic heterocycles. The molecule has 0 aliphatic carbocycles. The Balaban J connectivity index is 2.71. The van der Waals surface area contributed by atoms with E-state index in [4.69, 9.17) is 16.9 Å². The third-order valence-electron chi connectivity index (χ3n) is 3.05. The molecule has 0 radical (unpaired) electrons. The smallest absolute Gasteiger partial charge is 0.254 e. The largest absolute Gasteiger partial charge is 0.368 e. The zero-order chi connectivity index (χ0) is 15.7. The number of primary amides is 1. The number of carbonyl (C=O) groups is 2. The number of unbranched alkanes of at least 4 members (excludes halogenated alkanes) is 1. The molecule has 21 heavy (non-hydrogen) atoms. The molecule has 2 atom stereocenters. The minimum Gasteiger partial charge on any atom is -0.368 e. The Morgan fingerprint density at radius 2 is 2.05 bits per heavy atom. The van der Waals surface area contributed by atoms with Crippen LogP contribution in [0.15, 0.2) is 30.3 Å². The number of ether oxygens (including phenoxy) is 1. The van der Waals surface area contributed by atoms with Gasteiger partial charge in [0.25, 0.3) is 5.91 Å². The van der Waals surface area contributed by atoms with Crippen molar-refractivity contribution in [3.05, 3.63) is 35.9 Å². The third kappa shape index (κ3) is 5.28. The Morgan fingerprint density at radius 3 is 2.57 bits per heavy atom. The number of terminal acetylenes is 1. The lowest BCUT2D eigenvalue weighted by Gasteiger charge is -2.20. The number of rotatable bonds is 8. The number of methoxy groups -OCH3 is 1. The molecule has 0 fully saturated rings. The van der Waals surface area contributed by atoms with Crippen molar-refractivity contribution in [1.29, 1.82) is 0 Å². The highest BCUT2D eigenvalue weighted by Crippen LogP contribution is 2.16. The van der Waals surface area contributed by atoms with Crippen molar-refractivity contribution in [3.63, 3.8) is 0 Å². The summed E-state index contributed by atoms with van der Waals surface area (Å²) in [5, 5.41) is 2.62. The summed E-state index contributed by atoms with van der Waals surface area (Å²) in [6, 6.07) is 8.30. The lowest BCUT2D eigenvalue weighted by Crippen LogP contribution is -2.46. The van der Waals surface area contributed by atoms with Crippen molar-refractivity contribution < 1.29 is 14.3 Å².